The standard InChI is InChI=1S/C16H15N3O4S2/c1-23-16(22)12-10-5-2-6-11(10)25-15(12)18-13(20)14(21)19-17-8-9-4-3-7-24-9/h3-4,7-8H,2,5-6H2,1H3,(H,18,20)(H,19,21)/b17-8-. The van der Waals surface area contributed by atoms with Gasteiger partial charge in [-0.2, -0.15) is 5.10 Å². The summed E-state index contributed by atoms with van der Waals surface area (Å²) >= 11 is 2.77. The number of hydrogen-bond donors (Lipinski definition) is 2. The Balaban J connectivity index is 1.68. The topological polar surface area (TPSA) is 96.9 Å². The molecule has 0 fully saturated rings. The number of hydrogen-bond acceptors (Lipinski definition) is 7. The normalized spacial score (nSPS) is 12.8. The van der Waals surface area contributed by atoms with Crippen LogP contribution < -0.4 is 10.7 Å². The summed E-state index contributed by atoms with van der Waals surface area (Å²) < 4.78 is 4.80. The molecule has 1 aliphatic rings. The average molecular weight is 377 g/mol. The highest BCUT2D eigenvalue weighted by Crippen LogP contribution is 2.39. The molecule has 0 aliphatic heterocycles. The van der Waals surface area contributed by atoms with Crippen molar-refractivity contribution in [1.82, 2.24) is 5.43 Å². The van der Waals surface area contributed by atoms with Crippen LogP contribution in [0.15, 0.2) is 22.6 Å². The fourth-order valence-corrected chi connectivity index (χ4v) is 4.40. The Morgan fingerprint density at radius 1 is 1.28 bits per heavy atom. The number of thiophene rings is 2. The lowest BCUT2D eigenvalue weighted by Crippen LogP contribution is -2.32. The van der Waals surface area contributed by atoms with Crippen molar-refractivity contribution in [2.24, 2.45) is 5.10 Å². The molecule has 2 N–H and O–H groups in total. The zero-order valence-electron chi connectivity index (χ0n) is 13.3. The molecule has 25 heavy (non-hydrogen) atoms. The lowest BCUT2D eigenvalue weighted by molar-refractivity contribution is -0.136. The number of aryl methyl sites for hydroxylation is 1. The van der Waals surface area contributed by atoms with Crippen LogP contribution in [0.5, 0.6) is 0 Å². The van der Waals surface area contributed by atoms with Gasteiger partial charge in [-0.1, -0.05) is 6.07 Å². The highest BCUT2D eigenvalue weighted by molar-refractivity contribution is 7.17. The first kappa shape index (κ1) is 17.3. The van der Waals surface area contributed by atoms with Crippen molar-refractivity contribution in [1.29, 1.82) is 0 Å². The molecule has 7 nitrogen and oxygen atoms in total. The van der Waals surface area contributed by atoms with Crippen LogP contribution >= 0.6 is 22.7 Å². The number of fused-ring (bicyclic) bond motifs is 1. The van der Waals surface area contributed by atoms with Gasteiger partial charge in [0.2, 0.25) is 0 Å². The first-order valence-corrected chi connectivity index (χ1v) is 9.20. The largest absolute Gasteiger partial charge is 0.465 e. The van der Waals surface area contributed by atoms with E-state index in [0.717, 1.165) is 34.6 Å². The van der Waals surface area contributed by atoms with E-state index in [2.05, 4.69) is 15.8 Å². The molecule has 0 bridgehead atoms. The molecule has 0 saturated heterocycles. The van der Waals surface area contributed by atoms with E-state index in [9.17, 15) is 14.4 Å². The molecule has 0 radical (unpaired) electrons. The van der Waals surface area contributed by atoms with Crippen LogP contribution in [0.1, 0.15) is 32.1 Å². The number of carbonyl (C=O) groups excluding carboxylic acids is 3. The van der Waals surface area contributed by atoms with Gasteiger partial charge in [-0.3, -0.25) is 9.59 Å². The number of carbonyl (C=O) groups is 3. The maximum Gasteiger partial charge on any atom is 0.341 e. The molecule has 1 aliphatic carbocycles. The Morgan fingerprint density at radius 2 is 2.12 bits per heavy atom. The lowest BCUT2D eigenvalue weighted by atomic mass is 10.1. The van der Waals surface area contributed by atoms with E-state index in [1.165, 1.54) is 36.0 Å². The molecule has 2 amide bonds. The highest BCUT2D eigenvalue weighted by atomic mass is 32.1. The minimum absolute atomic E-state index is 0.346. The number of nitrogens with zero attached hydrogens (tertiary/aromatic N) is 1. The van der Waals surface area contributed by atoms with Gasteiger partial charge in [0.05, 0.1) is 18.9 Å². The van der Waals surface area contributed by atoms with Crippen LogP contribution in [-0.4, -0.2) is 31.1 Å². The summed E-state index contributed by atoms with van der Waals surface area (Å²) in [6.07, 6.45) is 4.05. The summed E-state index contributed by atoms with van der Waals surface area (Å²) in [6, 6.07) is 3.68. The van der Waals surface area contributed by atoms with Gasteiger partial charge in [-0.15, -0.1) is 22.7 Å². The first-order valence-electron chi connectivity index (χ1n) is 7.51. The average Bonchev–Trinajstić information content (AvgIpc) is 3.31. The zero-order chi connectivity index (χ0) is 17.8. The van der Waals surface area contributed by atoms with E-state index in [1.54, 1.807) is 0 Å². The number of nitrogens with one attached hydrogen (secondary N) is 2. The second kappa shape index (κ2) is 7.58. The minimum atomic E-state index is -0.905. The SMILES string of the molecule is COC(=O)c1c(NC(=O)C(=O)N/N=C\c2cccs2)sc2c1CCC2. The van der Waals surface area contributed by atoms with Crippen molar-refractivity contribution < 1.29 is 19.1 Å². The Morgan fingerprint density at radius 3 is 2.84 bits per heavy atom. The molecule has 0 unspecified atom stereocenters. The van der Waals surface area contributed by atoms with Crippen LogP contribution in [0.25, 0.3) is 0 Å². The molecule has 0 spiro atoms. The predicted octanol–water partition coefficient (Wildman–Crippen LogP) is 2.17. The van der Waals surface area contributed by atoms with Crippen LogP contribution in [0.2, 0.25) is 0 Å². The van der Waals surface area contributed by atoms with E-state index in [-0.39, 0.29) is 0 Å². The molecular weight excluding hydrogens is 362 g/mol. The number of amides is 2. The minimum Gasteiger partial charge on any atom is -0.465 e. The summed E-state index contributed by atoms with van der Waals surface area (Å²) in [7, 11) is 1.29. The van der Waals surface area contributed by atoms with Crippen LogP contribution in [0.3, 0.4) is 0 Å². The summed E-state index contributed by atoms with van der Waals surface area (Å²) in [4.78, 5) is 37.8. The van der Waals surface area contributed by atoms with E-state index in [1.807, 2.05) is 17.5 Å². The summed E-state index contributed by atoms with van der Waals surface area (Å²) in [5.74, 6) is -2.29. The van der Waals surface area contributed by atoms with Gasteiger partial charge >= 0.3 is 17.8 Å². The van der Waals surface area contributed by atoms with Gasteiger partial charge in [0, 0.05) is 9.75 Å². The van der Waals surface area contributed by atoms with Crippen molar-refractivity contribution in [2.75, 3.05) is 12.4 Å². The molecule has 130 valence electrons. The van der Waals surface area contributed by atoms with E-state index in [0.29, 0.717) is 10.6 Å². The van der Waals surface area contributed by atoms with Gasteiger partial charge in [0.1, 0.15) is 5.00 Å². The number of hydrazone groups is 1. The van der Waals surface area contributed by atoms with Crippen molar-refractivity contribution in [2.45, 2.75) is 19.3 Å². The lowest BCUT2D eigenvalue weighted by Gasteiger charge is -2.06. The Hall–Kier alpha value is -2.52. The van der Waals surface area contributed by atoms with E-state index >= 15 is 0 Å². The van der Waals surface area contributed by atoms with Gasteiger partial charge < -0.3 is 10.1 Å². The summed E-state index contributed by atoms with van der Waals surface area (Å²) in [5, 5.41) is 8.45. The third kappa shape index (κ3) is 3.77. The second-order valence-electron chi connectivity index (χ2n) is 5.22. The third-order valence-corrected chi connectivity index (χ3v) is 5.66. The van der Waals surface area contributed by atoms with E-state index < -0.39 is 17.8 Å². The van der Waals surface area contributed by atoms with Crippen LogP contribution in [-0.2, 0) is 27.2 Å². The highest BCUT2D eigenvalue weighted by Gasteiger charge is 2.29. The molecule has 2 heterocycles. The summed E-state index contributed by atoms with van der Waals surface area (Å²) in [6.45, 7) is 0. The number of rotatable bonds is 4. The molecule has 2 aromatic rings. The molecule has 9 heteroatoms. The molecular formula is C16H15N3O4S2. The quantitative estimate of drug-likeness (QED) is 0.369. The Kier molecular flexibility index (Phi) is 5.25. The zero-order valence-corrected chi connectivity index (χ0v) is 15.0. The first-order chi connectivity index (χ1) is 12.1. The fourth-order valence-electron chi connectivity index (χ4n) is 2.54. The fraction of sp³-hybridized carbons (Fsp3) is 0.250. The number of esters is 1. The van der Waals surface area contributed by atoms with Gasteiger partial charge in [0.25, 0.3) is 0 Å². The number of methoxy groups -OCH3 is 1. The third-order valence-electron chi connectivity index (χ3n) is 3.65. The Bertz CT molecular complexity index is 840. The van der Waals surface area contributed by atoms with Gasteiger partial charge in [-0.05, 0) is 36.3 Å². The van der Waals surface area contributed by atoms with Gasteiger partial charge in [0.15, 0.2) is 0 Å². The van der Waals surface area contributed by atoms with Gasteiger partial charge in [-0.25, -0.2) is 10.2 Å². The van der Waals surface area contributed by atoms with Crippen LogP contribution in [0, 0.1) is 0 Å². The molecule has 0 saturated carbocycles. The molecule has 0 aromatic carbocycles. The van der Waals surface area contributed by atoms with Crippen molar-refractivity contribution in [3.8, 4) is 0 Å². The number of anilines is 1. The van der Waals surface area contributed by atoms with Crippen molar-refractivity contribution >= 4 is 51.7 Å². The van der Waals surface area contributed by atoms with E-state index in [4.69, 9.17) is 4.74 Å². The smallest absolute Gasteiger partial charge is 0.341 e. The predicted molar refractivity (Wildman–Crippen MR) is 96.4 cm³/mol. The molecule has 3 rings (SSSR count). The molecule has 2 aromatic heterocycles. The van der Waals surface area contributed by atoms with Crippen molar-refractivity contribution in [3.63, 3.8) is 0 Å². The monoisotopic (exact) mass is 377 g/mol. The maximum atomic E-state index is 12.1. The molecule has 0 atom stereocenters. The maximum absolute atomic E-state index is 12.1. The van der Waals surface area contributed by atoms with Crippen molar-refractivity contribution in [3.05, 3.63) is 38.4 Å². The summed E-state index contributed by atoms with van der Waals surface area (Å²) in [5.41, 5.74) is 3.42. The number of ether oxygens (including phenoxy) is 1. The second-order valence-corrected chi connectivity index (χ2v) is 7.31. The van der Waals surface area contributed by atoms with Crippen LogP contribution in [0.4, 0.5) is 5.00 Å². The Labute approximate surface area is 151 Å².